The Morgan fingerprint density at radius 2 is 2.22 bits per heavy atom. The van der Waals surface area contributed by atoms with Crippen LogP contribution in [0.1, 0.15) is 12.8 Å². The summed E-state index contributed by atoms with van der Waals surface area (Å²) in [5, 5.41) is 11.3. The van der Waals surface area contributed by atoms with E-state index in [2.05, 4.69) is 10.1 Å². The fourth-order valence-corrected chi connectivity index (χ4v) is 1.77. The van der Waals surface area contributed by atoms with Gasteiger partial charge in [0.1, 0.15) is 12.6 Å². The number of hydrogen-bond acceptors (Lipinski definition) is 3. The number of amides is 2. The van der Waals surface area contributed by atoms with Crippen molar-refractivity contribution >= 4 is 12.0 Å². The second-order valence-electron chi connectivity index (χ2n) is 3.89. The van der Waals surface area contributed by atoms with Crippen molar-refractivity contribution in [1.29, 1.82) is 0 Å². The molecule has 0 aromatic carbocycles. The molecule has 1 rings (SSSR count). The van der Waals surface area contributed by atoms with Crippen molar-refractivity contribution < 1.29 is 28.2 Å². The maximum Gasteiger partial charge on any atom is 0.326 e. The summed E-state index contributed by atoms with van der Waals surface area (Å²) in [5.74, 6) is -1.03. The number of nitrogens with one attached hydrogen (secondary N) is 1. The first kappa shape index (κ1) is 14.6. The number of carboxylic acids is 1. The maximum absolute atomic E-state index is 11.7. The van der Waals surface area contributed by atoms with E-state index in [4.69, 9.17) is 5.11 Å². The number of carbonyl (C=O) groups excluding carboxylic acids is 1. The van der Waals surface area contributed by atoms with Crippen LogP contribution >= 0.6 is 0 Å². The third-order valence-electron chi connectivity index (χ3n) is 2.57. The topological polar surface area (TPSA) is 78.9 Å². The van der Waals surface area contributed by atoms with E-state index in [9.17, 15) is 18.4 Å². The van der Waals surface area contributed by atoms with E-state index >= 15 is 0 Å². The molecule has 8 heteroatoms. The molecule has 0 bridgehead atoms. The van der Waals surface area contributed by atoms with E-state index < -0.39 is 31.1 Å². The number of hydrogen-bond donors (Lipinski definition) is 2. The molecule has 1 heterocycles. The number of aliphatic carboxylic acids is 1. The molecule has 0 aromatic rings. The summed E-state index contributed by atoms with van der Waals surface area (Å²) < 4.78 is 28.0. The lowest BCUT2D eigenvalue weighted by Gasteiger charge is -2.21. The number of nitrogens with zero attached hydrogens (tertiary/aromatic N) is 1. The Morgan fingerprint density at radius 3 is 2.83 bits per heavy atom. The molecular weight excluding hydrogens is 250 g/mol. The third-order valence-corrected chi connectivity index (χ3v) is 2.57. The van der Waals surface area contributed by atoms with Crippen molar-refractivity contribution in [2.75, 3.05) is 26.3 Å². The fraction of sp³-hybridized carbons (Fsp3) is 0.800. The van der Waals surface area contributed by atoms with E-state index in [1.54, 1.807) is 0 Å². The van der Waals surface area contributed by atoms with Crippen molar-refractivity contribution in [3.63, 3.8) is 0 Å². The zero-order valence-electron chi connectivity index (χ0n) is 9.77. The van der Waals surface area contributed by atoms with Crippen LogP contribution in [0, 0.1) is 0 Å². The molecule has 1 atom stereocenters. The third kappa shape index (κ3) is 4.44. The number of carboxylic acid groups (broad SMARTS) is 1. The van der Waals surface area contributed by atoms with Gasteiger partial charge in [-0.3, -0.25) is 0 Å². The Morgan fingerprint density at radius 1 is 1.50 bits per heavy atom. The highest BCUT2D eigenvalue weighted by Gasteiger charge is 2.33. The van der Waals surface area contributed by atoms with E-state index in [1.807, 2.05) is 0 Å². The molecule has 0 aromatic heterocycles. The molecule has 18 heavy (non-hydrogen) atoms. The van der Waals surface area contributed by atoms with Gasteiger partial charge in [0.05, 0.1) is 6.61 Å². The second kappa shape index (κ2) is 7.10. The molecule has 1 aliphatic rings. The predicted molar refractivity (Wildman–Crippen MR) is 57.6 cm³/mol. The highest BCUT2D eigenvalue weighted by molar-refractivity contribution is 5.83. The minimum absolute atomic E-state index is 0.0261. The van der Waals surface area contributed by atoms with Crippen LogP contribution in [0.15, 0.2) is 0 Å². The Bertz CT molecular complexity index is 302. The molecule has 0 spiro atoms. The molecule has 0 radical (unpaired) electrons. The van der Waals surface area contributed by atoms with Crippen molar-refractivity contribution in [3.05, 3.63) is 0 Å². The summed E-state index contributed by atoms with van der Waals surface area (Å²) in [6.45, 7) is -0.228. The lowest BCUT2D eigenvalue weighted by atomic mass is 10.2. The molecule has 2 amide bonds. The summed E-state index contributed by atoms with van der Waals surface area (Å²) in [6, 6.07) is -1.30. The molecule has 0 unspecified atom stereocenters. The molecule has 104 valence electrons. The van der Waals surface area contributed by atoms with Gasteiger partial charge in [-0.2, -0.15) is 0 Å². The van der Waals surface area contributed by atoms with Crippen LogP contribution in [0.4, 0.5) is 13.6 Å². The van der Waals surface area contributed by atoms with Crippen LogP contribution in [-0.2, 0) is 9.53 Å². The monoisotopic (exact) mass is 266 g/mol. The minimum atomic E-state index is -2.53. The SMILES string of the molecule is O=C(O)[C@@H]1CCCN1C(=O)NCCOCC(F)F. The van der Waals surface area contributed by atoms with Crippen molar-refractivity contribution in [3.8, 4) is 0 Å². The quantitative estimate of drug-likeness (QED) is 0.687. The first-order valence-electron chi connectivity index (χ1n) is 5.65. The van der Waals surface area contributed by atoms with Gasteiger partial charge in [0, 0.05) is 13.1 Å². The highest BCUT2D eigenvalue weighted by Crippen LogP contribution is 2.16. The average Bonchev–Trinajstić information content (AvgIpc) is 2.76. The van der Waals surface area contributed by atoms with Gasteiger partial charge >= 0.3 is 12.0 Å². The van der Waals surface area contributed by atoms with E-state index in [0.29, 0.717) is 19.4 Å². The molecule has 6 nitrogen and oxygen atoms in total. The number of carbonyl (C=O) groups is 2. The van der Waals surface area contributed by atoms with Crippen LogP contribution in [0.3, 0.4) is 0 Å². The molecule has 1 fully saturated rings. The van der Waals surface area contributed by atoms with Crippen LogP contribution in [-0.4, -0.2) is 60.8 Å². The van der Waals surface area contributed by atoms with Gasteiger partial charge in [0.2, 0.25) is 0 Å². The normalized spacial score (nSPS) is 19.3. The average molecular weight is 266 g/mol. The molecular formula is C10H16F2N2O4. The van der Waals surface area contributed by atoms with Gasteiger partial charge in [-0.25, -0.2) is 18.4 Å². The van der Waals surface area contributed by atoms with Crippen molar-refractivity contribution in [1.82, 2.24) is 10.2 Å². The van der Waals surface area contributed by atoms with Gasteiger partial charge in [-0.15, -0.1) is 0 Å². The van der Waals surface area contributed by atoms with Crippen LogP contribution in [0.25, 0.3) is 0 Å². The summed E-state index contributed by atoms with van der Waals surface area (Å²) in [7, 11) is 0. The molecule has 0 aliphatic carbocycles. The molecule has 1 aliphatic heterocycles. The first-order chi connectivity index (χ1) is 8.52. The fourth-order valence-electron chi connectivity index (χ4n) is 1.77. The summed E-state index contributed by atoms with van der Waals surface area (Å²) in [4.78, 5) is 23.7. The standard InChI is InChI=1S/C10H16F2N2O4/c11-8(12)6-18-5-3-13-10(17)14-4-1-2-7(14)9(15)16/h7-8H,1-6H2,(H,13,17)(H,15,16)/t7-/m0/s1. The Kier molecular flexibility index (Phi) is 5.76. The number of alkyl halides is 2. The van der Waals surface area contributed by atoms with Crippen LogP contribution in [0.5, 0.6) is 0 Å². The van der Waals surface area contributed by atoms with E-state index in [-0.39, 0.29) is 13.2 Å². The van der Waals surface area contributed by atoms with Crippen LogP contribution in [0.2, 0.25) is 0 Å². The highest BCUT2D eigenvalue weighted by atomic mass is 19.3. The van der Waals surface area contributed by atoms with Gasteiger partial charge in [0.15, 0.2) is 0 Å². The number of halogens is 2. The largest absolute Gasteiger partial charge is 0.480 e. The molecule has 1 saturated heterocycles. The van der Waals surface area contributed by atoms with Crippen molar-refractivity contribution in [2.24, 2.45) is 0 Å². The van der Waals surface area contributed by atoms with Gasteiger partial charge in [-0.05, 0) is 12.8 Å². The Labute approximate surface area is 103 Å². The first-order valence-corrected chi connectivity index (χ1v) is 5.65. The Balaban J connectivity index is 2.22. The van der Waals surface area contributed by atoms with Gasteiger partial charge in [0.25, 0.3) is 6.43 Å². The summed E-state index contributed by atoms with van der Waals surface area (Å²) >= 11 is 0. The number of urea groups is 1. The van der Waals surface area contributed by atoms with Gasteiger partial charge in [-0.1, -0.05) is 0 Å². The number of likely N-dealkylation sites (tertiary alicyclic amines) is 1. The summed E-state index contributed by atoms with van der Waals surface area (Å²) in [5.41, 5.74) is 0. The summed E-state index contributed by atoms with van der Waals surface area (Å²) in [6.07, 6.45) is -1.45. The van der Waals surface area contributed by atoms with Crippen molar-refractivity contribution in [2.45, 2.75) is 25.3 Å². The van der Waals surface area contributed by atoms with Crippen LogP contribution < -0.4 is 5.32 Å². The Hall–Kier alpha value is -1.44. The lowest BCUT2D eigenvalue weighted by Crippen LogP contribution is -2.46. The number of rotatable bonds is 6. The minimum Gasteiger partial charge on any atom is -0.480 e. The van der Waals surface area contributed by atoms with E-state index in [0.717, 1.165) is 0 Å². The maximum atomic E-state index is 11.7. The lowest BCUT2D eigenvalue weighted by molar-refractivity contribution is -0.141. The second-order valence-corrected chi connectivity index (χ2v) is 3.89. The number of ether oxygens (including phenoxy) is 1. The smallest absolute Gasteiger partial charge is 0.326 e. The molecule has 0 saturated carbocycles. The zero-order chi connectivity index (χ0) is 13.5. The van der Waals surface area contributed by atoms with Gasteiger partial charge < -0.3 is 20.1 Å². The zero-order valence-corrected chi connectivity index (χ0v) is 9.77. The van der Waals surface area contributed by atoms with E-state index in [1.165, 1.54) is 4.90 Å². The predicted octanol–water partition coefficient (Wildman–Crippen LogP) is 0.527. The molecule has 2 N–H and O–H groups in total.